The van der Waals surface area contributed by atoms with E-state index in [4.69, 9.17) is 0 Å². The van der Waals surface area contributed by atoms with E-state index in [1.165, 1.54) is 25.0 Å². The van der Waals surface area contributed by atoms with Crippen molar-refractivity contribution in [1.82, 2.24) is 0 Å². The van der Waals surface area contributed by atoms with Gasteiger partial charge in [-0.15, -0.1) is 23.1 Å². The Morgan fingerprint density at radius 2 is 2.29 bits per heavy atom. The smallest absolute Gasteiger partial charge is 0.0395 e. The van der Waals surface area contributed by atoms with Crippen molar-refractivity contribution in [1.29, 1.82) is 0 Å². The van der Waals surface area contributed by atoms with E-state index in [0.717, 1.165) is 5.33 Å². The highest BCUT2D eigenvalue weighted by molar-refractivity contribution is 9.10. The van der Waals surface area contributed by atoms with E-state index in [-0.39, 0.29) is 0 Å². The highest BCUT2D eigenvalue weighted by Crippen LogP contribution is 2.38. The Kier molecular flexibility index (Phi) is 3.58. The lowest BCUT2D eigenvalue weighted by Gasteiger charge is -2.06. The summed E-state index contributed by atoms with van der Waals surface area (Å²) in [6, 6.07) is 4.40. The number of hydrogen-bond donors (Lipinski definition) is 0. The molecule has 0 aliphatic carbocycles. The minimum absolute atomic E-state index is 0.914. The van der Waals surface area contributed by atoms with Crippen molar-refractivity contribution in [3.63, 3.8) is 0 Å². The van der Waals surface area contributed by atoms with Gasteiger partial charge >= 0.3 is 0 Å². The first-order valence-corrected chi connectivity index (χ1v) is 8.08. The molecule has 14 heavy (non-hydrogen) atoms. The van der Waals surface area contributed by atoms with E-state index >= 15 is 0 Å². The Balaban J connectivity index is 2.81. The molecule has 0 spiro atoms. The first kappa shape index (κ1) is 11.0. The van der Waals surface area contributed by atoms with Crippen molar-refractivity contribution in [3.8, 4) is 0 Å². The average Bonchev–Trinajstić information content (AvgIpc) is 2.65. The van der Waals surface area contributed by atoms with Crippen LogP contribution in [0.5, 0.6) is 0 Å². The van der Waals surface area contributed by atoms with Gasteiger partial charge in [0, 0.05) is 24.8 Å². The number of alkyl halides is 1. The Morgan fingerprint density at radius 1 is 1.50 bits per heavy atom. The number of hydrogen-bond acceptors (Lipinski definition) is 2. The van der Waals surface area contributed by atoms with Gasteiger partial charge in [-0.1, -0.05) is 15.9 Å². The molecular weight excluding hydrogens is 344 g/mol. The molecule has 0 nitrogen and oxygen atoms in total. The molecule has 1 aromatic heterocycles. The summed E-state index contributed by atoms with van der Waals surface area (Å²) in [5, 5.41) is 4.44. The second-order valence-corrected chi connectivity index (χ2v) is 6.00. The number of benzene rings is 1. The van der Waals surface area contributed by atoms with Crippen LogP contribution in [0.2, 0.25) is 0 Å². The molecule has 0 amide bonds. The predicted molar refractivity (Wildman–Crippen MR) is 73.9 cm³/mol. The molecule has 0 atom stereocenters. The van der Waals surface area contributed by atoms with E-state index in [0.29, 0.717) is 0 Å². The van der Waals surface area contributed by atoms with Crippen LogP contribution in [0.3, 0.4) is 0 Å². The van der Waals surface area contributed by atoms with Gasteiger partial charge in [0.15, 0.2) is 0 Å². The van der Waals surface area contributed by atoms with Crippen LogP contribution in [-0.4, -0.2) is 6.26 Å². The summed E-state index contributed by atoms with van der Waals surface area (Å²) < 4.78 is 2.60. The first-order valence-electron chi connectivity index (χ1n) is 4.06. The fourth-order valence-electron chi connectivity index (χ4n) is 1.46. The van der Waals surface area contributed by atoms with Gasteiger partial charge in [0.05, 0.1) is 0 Å². The van der Waals surface area contributed by atoms with Gasteiger partial charge in [0.25, 0.3) is 0 Å². The Morgan fingerprint density at radius 3 is 2.93 bits per heavy atom. The number of fused-ring (bicyclic) bond motifs is 1. The van der Waals surface area contributed by atoms with Crippen LogP contribution in [0.1, 0.15) is 5.56 Å². The van der Waals surface area contributed by atoms with Gasteiger partial charge in [-0.2, -0.15) is 0 Å². The van der Waals surface area contributed by atoms with E-state index in [2.05, 4.69) is 55.6 Å². The SMILES string of the molecule is CSc1c(Br)cc(CBr)c2sccc12. The van der Waals surface area contributed by atoms with Crippen LogP contribution in [0.15, 0.2) is 26.9 Å². The molecule has 0 unspecified atom stereocenters. The molecule has 0 saturated heterocycles. The Bertz CT molecular complexity index is 462. The lowest BCUT2D eigenvalue weighted by molar-refractivity contribution is 1.41. The predicted octanol–water partition coefficient (Wildman–Crippen LogP) is 5.28. The average molecular weight is 352 g/mol. The first-order chi connectivity index (χ1) is 6.77. The third-order valence-electron chi connectivity index (χ3n) is 2.07. The lowest BCUT2D eigenvalue weighted by atomic mass is 10.2. The van der Waals surface area contributed by atoms with Crippen molar-refractivity contribution in [2.75, 3.05) is 6.26 Å². The summed E-state index contributed by atoms with van der Waals surface area (Å²) in [7, 11) is 0. The summed E-state index contributed by atoms with van der Waals surface area (Å²) >= 11 is 10.7. The summed E-state index contributed by atoms with van der Waals surface area (Å²) in [5.74, 6) is 0. The zero-order chi connectivity index (χ0) is 10.1. The molecule has 4 heteroatoms. The molecule has 0 N–H and O–H groups in total. The monoisotopic (exact) mass is 350 g/mol. The number of thiophene rings is 1. The largest absolute Gasteiger partial charge is 0.143 e. The maximum atomic E-state index is 3.62. The molecule has 0 bridgehead atoms. The van der Waals surface area contributed by atoms with Gasteiger partial charge in [-0.05, 0) is 45.3 Å². The van der Waals surface area contributed by atoms with Crippen molar-refractivity contribution >= 4 is 65.0 Å². The van der Waals surface area contributed by atoms with E-state index in [1.807, 2.05) is 11.3 Å². The van der Waals surface area contributed by atoms with E-state index in [1.54, 1.807) is 11.8 Å². The van der Waals surface area contributed by atoms with Crippen molar-refractivity contribution in [2.24, 2.45) is 0 Å². The minimum Gasteiger partial charge on any atom is -0.143 e. The standard InChI is InChI=1S/C10H8Br2S2/c1-13-10-7-2-3-14-9(7)6(5-11)4-8(10)12/h2-4H,5H2,1H3. The summed E-state index contributed by atoms with van der Waals surface area (Å²) in [5.41, 5.74) is 1.36. The molecular formula is C10H8Br2S2. The third kappa shape index (κ3) is 1.77. The zero-order valence-electron chi connectivity index (χ0n) is 7.51. The Hall–Kier alpha value is 0.490. The van der Waals surface area contributed by atoms with E-state index in [9.17, 15) is 0 Å². The van der Waals surface area contributed by atoms with Gasteiger partial charge in [-0.25, -0.2) is 0 Å². The fourth-order valence-corrected chi connectivity index (χ4v) is 4.69. The van der Waals surface area contributed by atoms with E-state index < -0.39 is 0 Å². The maximum absolute atomic E-state index is 3.62. The topological polar surface area (TPSA) is 0 Å². The summed E-state index contributed by atoms with van der Waals surface area (Å²) in [6.07, 6.45) is 2.12. The molecule has 0 radical (unpaired) electrons. The van der Waals surface area contributed by atoms with Crippen LogP contribution in [0.25, 0.3) is 10.1 Å². The summed E-state index contributed by atoms with van der Waals surface area (Å²) in [6.45, 7) is 0. The molecule has 74 valence electrons. The summed E-state index contributed by atoms with van der Waals surface area (Å²) in [4.78, 5) is 1.34. The van der Waals surface area contributed by atoms with Gasteiger partial charge in [0.2, 0.25) is 0 Å². The van der Waals surface area contributed by atoms with Gasteiger partial charge in [0.1, 0.15) is 0 Å². The van der Waals surface area contributed by atoms with Crippen LogP contribution >= 0.6 is 55.0 Å². The Labute approximate surface area is 108 Å². The third-order valence-corrected chi connectivity index (χ3v) is 5.40. The zero-order valence-corrected chi connectivity index (χ0v) is 12.3. The van der Waals surface area contributed by atoms with Gasteiger partial charge in [-0.3, -0.25) is 0 Å². The van der Waals surface area contributed by atoms with Crippen LogP contribution in [0, 0.1) is 0 Å². The molecule has 2 rings (SSSR count). The number of rotatable bonds is 2. The number of thioether (sulfide) groups is 1. The maximum Gasteiger partial charge on any atom is 0.0395 e. The quantitative estimate of drug-likeness (QED) is 0.523. The van der Waals surface area contributed by atoms with Crippen LogP contribution in [0.4, 0.5) is 0 Å². The van der Waals surface area contributed by atoms with Gasteiger partial charge < -0.3 is 0 Å². The molecule has 0 aliphatic rings. The van der Waals surface area contributed by atoms with Crippen LogP contribution < -0.4 is 0 Å². The van der Waals surface area contributed by atoms with Crippen molar-refractivity contribution in [2.45, 2.75) is 10.2 Å². The second kappa shape index (κ2) is 4.56. The molecule has 0 fully saturated rings. The minimum atomic E-state index is 0.914. The highest BCUT2D eigenvalue weighted by atomic mass is 79.9. The van der Waals surface area contributed by atoms with Crippen LogP contribution in [-0.2, 0) is 5.33 Å². The molecule has 1 heterocycles. The number of halogens is 2. The lowest BCUT2D eigenvalue weighted by Crippen LogP contribution is -1.82. The van der Waals surface area contributed by atoms with Crippen molar-refractivity contribution < 1.29 is 0 Å². The normalized spacial score (nSPS) is 11.1. The molecule has 2 aromatic rings. The molecule has 0 saturated carbocycles. The highest BCUT2D eigenvalue weighted by Gasteiger charge is 2.10. The second-order valence-electron chi connectivity index (χ2n) is 2.85. The fraction of sp³-hybridized carbons (Fsp3) is 0.200. The molecule has 1 aromatic carbocycles. The van der Waals surface area contributed by atoms with Crippen molar-refractivity contribution in [3.05, 3.63) is 27.5 Å². The molecule has 0 aliphatic heterocycles.